The molecule has 0 unspecified atom stereocenters. The molecule has 1 aliphatic carbocycles. The fourth-order valence-electron chi connectivity index (χ4n) is 6.19. The largest absolute Gasteiger partial charge is 0.493 e. The zero-order valence-electron chi connectivity index (χ0n) is 25.6. The van der Waals surface area contributed by atoms with Gasteiger partial charge in [0.05, 0.1) is 13.7 Å². The van der Waals surface area contributed by atoms with Crippen LogP contribution < -0.4 is 14.8 Å². The summed E-state index contributed by atoms with van der Waals surface area (Å²) < 4.78 is 22.0. The van der Waals surface area contributed by atoms with Crippen molar-refractivity contribution in [2.45, 2.75) is 70.9 Å². The second-order valence-electron chi connectivity index (χ2n) is 12.2. The maximum atomic E-state index is 13.8. The fourth-order valence-corrected chi connectivity index (χ4v) is 6.19. The number of amides is 2. The van der Waals surface area contributed by atoms with Crippen LogP contribution in [0, 0.1) is 17.8 Å². The van der Waals surface area contributed by atoms with E-state index < -0.39 is 0 Å². The molecule has 230 valence electrons. The van der Waals surface area contributed by atoms with Crippen LogP contribution in [0.15, 0.2) is 18.2 Å². The molecule has 1 aromatic rings. The van der Waals surface area contributed by atoms with Gasteiger partial charge < -0.3 is 34.1 Å². The highest BCUT2D eigenvalue weighted by Gasteiger charge is 2.37. The number of carbonyl (C=O) groups is 2. The van der Waals surface area contributed by atoms with E-state index in [1.54, 1.807) is 26.4 Å². The number of hydrogen-bond acceptors (Lipinski definition) is 7. The maximum absolute atomic E-state index is 13.8. The third-order valence-electron chi connectivity index (χ3n) is 9.03. The predicted molar refractivity (Wildman–Crippen MR) is 159 cm³/mol. The van der Waals surface area contributed by atoms with Crippen molar-refractivity contribution in [1.29, 1.82) is 0 Å². The molecule has 2 saturated heterocycles. The lowest BCUT2D eigenvalue weighted by molar-refractivity contribution is -0.138. The number of rotatable bonds is 15. The molecule has 9 heteroatoms. The first-order valence-corrected chi connectivity index (χ1v) is 15.6. The summed E-state index contributed by atoms with van der Waals surface area (Å²) in [5.41, 5.74) is 0.589. The van der Waals surface area contributed by atoms with E-state index in [1.165, 1.54) is 6.42 Å². The highest BCUT2D eigenvalue weighted by Crippen LogP contribution is 2.32. The standard InChI is InChI=1S/C32H51N3O6/c1-23(2)34(32(37)25-9-10-29(39-4)30(18-25)41-14-6-13-38-3)21-26-19-33-20-27(26)22-35(28-7-5-8-28)31(36)17-24-11-15-40-16-12-24/h9-10,18,23-24,26-28,33H,5-8,11-17,19-22H2,1-4H3/t26-,27+/m0/s1. The van der Waals surface area contributed by atoms with Gasteiger partial charge in [-0.15, -0.1) is 0 Å². The summed E-state index contributed by atoms with van der Waals surface area (Å²) in [4.78, 5) is 31.5. The Labute approximate surface area is 246 Å². The Hall–Kier alpha value is -2.36. The van der Waals surface area contributed by atoms with Crippen molar-refractivity contribution < 1.29 is 28.5 Å². The first-order valence-electron chi connectivity index (χ1n) is 15.6. The lowest BCUT2D eigenvalue weighted by Gasteiger charge is -2.41. The summed E-state index contributed by atoms with van der Waals surface area (Å²) >= 11 is 0. The molecule has 2 aliphatic heterocycles. The van der Waals surface area contributed by atoms with Crippen LogP contribution in [-0.2, 0) is 14.3 Å². The number of hydrogen-bond donors (Lipinski definition) is 1. The molecule has 2 heterocycles. The van der Waals surface area contributed by atoms with E-state index in [1.807, 2.05) is 11.0 Å². The average molecular weight is 574 g/mol. The van der Waals surface area contributed by atoms with E-state index in [9.17, 15) is 9.59 Å². The number of methoxy groups -OCH3 is 2. The van der Waals surface area contributed by atoms with Crippen LogP contribution in [0.25, 0.3) is 0 Å². The van der Waals surface area contributed by atoms with E-state index in [4.69, 9.17) is 18.9 Å². The summed E-state index contributed by atoms with van der Waals surface area (Å²) in [6.45, 7) is 9.91. The summed E-state index contributed by atoms with van der Waals surface area (Å²) in [6, 6.07) is 5.82. The zero-order valence-corrected chi connectivity index (χ0v) is 25.6. The molecule has 0 aromatic heterocycles. The van der Waals surface area contributed by atoms with Crippen LogP contribution >= 0.6 is 0 Å². The molecular weight excluding hydrogens is 522 g/mol. The van der Waals surface area contributed by atoms with Gasteiger partial charge in [-0.1, -0.05) is 0 Å². The quantitative estimate of drug-likeness (QED) is 0.317. The molecule has 3 fully saturated rings. The second-order valence-corrected chi connectivity index (χ2v) is 12.2. The molecular formula is C32H51N3O6. The lowest BCUT2D eigenvalue weighted by atomic mass is 9.87. The maximum Gasteiger partial charge on any atom is 0.254 e. The highest BCUT2D eigenvalue weighted by molar-refractivity contribution is 5.95. The van der Waals surface area contributed by atoms with Crippen LogP contribution in [0.5, 0.6) is 11.5 Å². The van der Waals surface area contributed by atoms with E-state index in [2.05, 4.69) is 24.1 Å². The molecule has 41 heavy (non-hydrogen) atoms. The van der Waals surface area contributed by atoms with Crippen molar-refractivity contribution in [2.75, 3.05) is 66.8 Å². The summed E-state index contributed by atoms with van der Waals surface area (Å²) in [7, 11) is 3.27. The zero-order chi connectivity index (χ0) is 29.2. The van der Waals surface area contributed by atoms with Gasteiger partial charge in [-0.05, 0) is 81.9 Å². The van der Waals surface area contributed by atoms with Gasteiger partial charge in [-0.3, -0.25) is 9.59 Å². The molecule has 1 saturated carbocycles. The molecule has 2 amide bonds. The van der Waals surface area contributed by atoms with Crippen LogP contribution in [0.2, 0.25) is 0 Å². The van der Waals surface area contributed by atoms with Gasteiger partial charge in [0.25, 0.3) is 5.91 Å². The summed E-state index contributed by atoms with van der Waals surface area (Å²) in [6.07, 6.45) is 6.76. The Bertz CT molecular complexity index is 978. The normalized spacial score (nSPS) is 21.5. The van der Waals surface area contributed by atoms with Gasteiger partial charge in [-0.2, -0.15) is 0 Å². The van der Waals surface area contributed by atoms with Gasteiger partial charge in [0.1, 0.15) is 0 Å². The van der Waals surface area contributed by atoms with E-state index in [-0.39, 0.29) is 17.9 Å². The lowest BCUT2D eigenvalue weighted by Crippen LogP contribution is -2.49. The predicted octanol–water partition coefficient (Wildman–Crippen LogP) is 3.99. The summed E-state index contributed by atoms with van der Waals surface area (Å²) in [5, 5.41) is 3.56. The van der Waals surface area contributed by atoms with Gasteiger partial charge in [0, 0.05) is 83.6 Å². The van der Waals surface area contributed by atoms with Crippen LogP contribution in [0.3, 0.4) is 0 Å². The Balaban J connectivity index is 1.42. The first-order chi connectivity index (χ1) is 19.9. The minimum Gasteiger partial charge on any atom is -0.493 e. The molecule has 1 aromatic carbocycles. The van der Waals surface area contributed by atoms with Crippen LogP contribution in [0.4, 0.5) is 0 Å². The number of nitrogens with one attached hydrogen (secondary N) is 1. The monoisotopic (exact) mass is 573 g/mol. The molecule has 0 bridgehead atoms. The first kappa shape index (κ1) is 31.6. The third kappa shape index (κ3) is 8.58. The topological polar surface area (TPSA) is 89.6 Å². The Morgan fingerprint density at radius 3 is 2.37 bits per heavy atom. The molecule has 3 aliphatic rings. The minimum atomic E-state index is -0.0125. The summed E-state index contributed by atoms with van der Waals surface area (Å²) in [5.74, 6) is 2.50. The number of carbonyl (C=O) groups excluding carboxylic acids is 2. The molecule has 9 nitrogen and oxygen atoms in total. The minimum absolute atomic E-state index is 0.0125. The van der Waals surface area contributed by atoms with Gasteiger partial charge >= 0.3 is 0 Å². The molecule has 1 N–H and O–H groups in total. The number of ether oxygens (including phenoxy) is 4. The van der Waals surface area contributed by atoms with Crippen LogP contribution in [0.1, 0.15) is 69.2 Å². The second kappa shape index (κ2) is 15.8. The number of nitrogens with zero attached hydrogens (tertiary/aromatic N) is 2. The smallest absolute Gasteiger partial charge is 0.254 e. The average Bonchev–Trinajstić information content (AvgIpc) is 3.39. The Morgan fingerprint density at radius 2 is 1.73 bits per heavy atom. The van der Waals surface area contributed by atoms with Crippen molar-refractivity contribution in [1.82, 2.24) is 15.1 Å². The van der Waals surface area contributed by atoms with Gasteiger partial charge in [-0.25, -0.2) is 0 Å². The molecule has 4 rings (SSSR count). The molecule has 0 spiro atoms. The van der Waals surface area contributed by atoms with Crippen molar-refractivity contribution in [2.24, 2.45) is 17.8 Å². The Kier molecular flexibility index (Phi) is 12.1. The van der Waals surface area contributed by atoms with Crippen molar-refractivity contribution in [3.63, 3.8) is 0 Å². The third-order valence-corrected chi connectivity index (χ3v) is 9.03. The van der Waals surface area contributed by atoms with Gasteiger partial charge in [0.15, 0.2) is 11.5 Å². The van der Waals surface area contributed by atoms with E-state index in [0.717, 1.165) is 65.0 Å². The highest BCUT2D eigenvalue weighted by atomic mass is 16.5. The number of benzene rings is 1. The van der Waals surface area contributed by atoms with Crippen LogP contribution in [-0.4, -0.2) is 101 Å². The molecule has 0 radical (unpaired) electrons. The fraction of sp³-hybridized carbons (Fsp3) is 0.750. The van der Waals surface area contributed by atoms with E-state index >= 15 is 0 Å². The van der Waals surface area contributed by atoms with Crippen molar-refractivity contribution >= 4 is 11.8 Å². The SMILES string of the molecule is COCCCOc1cc(C(=O)N(C[C@@H]2CNC[C@@H]2CN(C(=O)CC2CCOCC2)C2CCC2)C(C)C)ccc1OC. The Morgan fingerprint density at radius 1 is 1.00 bits per heavy atom. The van der Waals surface area contributed by atoms with Crippen molar-refractivity contribution in [3.05, 3.63) is 23.8 Å². The van der Waals surface area contributed by atoms with Crippen molar-refractivity contribution in [3.8, 4) is 11.5 Å². The van der Waals surface area contributed by atoms with E-state index in [0.29, 0.717) is 67.0 Å². The molecule has 2 atom stereocenters. The van der Waals surface area contributed by atoms with Gasteiger partial charge in [0.2, 0.25) is 5.91 Å².